The van der Waals surface area contributed by atoms with Crippen molar-refractivity contribution in [3.63, 3.8) is 0 Å². The van der Waals surface area contributed by atoms with Crippen molar-refractivity contribution in [2.75, 3.05) is 24.2 Å². The minimum absolute atomic E-state index is 0.0525. The maximum atomic E-state index is 13.0. The summed E-state index contributed by atoms with van der Waals surface area (Å²) in [4.78, 5) is 41.9. The van der Waals surface area contributed by atoms with Crippen LogP contribution in [-0.4, -0.2) is 46.4 Å². The Morgan fingerprint density at radius 3 is 2.50 bits per heavy atom. The van der Waals surface area contributed by atoms with E-state index in [1.54, 1.807) is 53.3 Å². The Kier molecular flexibility index (Phi) is 6.40. The van der Waals surface area contributed by atoms with Gasteiger partial charge in [0.25, 0.3) is 11.8 Å². The fourth-order valence-corrected chi connectivity index (χ4v) is 5.52. The number of rotatable bonds is 6. The summed E-state index contributed by atoms with van der Waals surface area (Å²) in [5.74, 6) is 0.876. The van der Waals surface area contributed by atoms with Crippen LogP contribution in [0, 0.1) is 0 Å². The molecule has 34 heavy (non-hydrogen) atoms. The molecule has 0 bridgehead atoms. The number of likely N-dealkylation sites (tertiary alicyclic amines) is 1. The van der Waals surface area contributed by atoms with E-state index in [0.717, 1.165) is 37.3 Å². The van der Waals surface area contributed by atoms with Crippen LogP contribution in [0.2, 0.25) is 0 Å². The summed E-state index contributed by atoms with van der Waals surface area (Å²) in [6.45, 7) is 1.91. The summed E-state index contributed by atoms with van der Waals surface area (Å²) in [5, 5.41) is 2.77. The van der Waals surface area contributed by atoms with Gasteiger partial charge in [0.2, 0.25) is 5.91 Å². The fourth-order valence-electron chi connectivity index (χ4n) is 4.33. The number of hydrogen-bond acceptors (Lipinski definition) is 5. The van der Waals surface area contributed by atoms with E-state index in [9.17, 15) is 14.4 Å². The second kappa shape index (κ2) is 9.77. The van der Waals surface area contributed by atoms with Crippen LogP contribution in [0.4, 0.5) is 5.69 Å². The van der Waals surface area contributed by atoms with Crippen LogP contribution in [0.1, 0.15) is 50.3 Å². The molecule has 3 aromatic rings. The molecule has 2 saturated heterocycles. The SMILES string of the molecule is O=C(Nc1ccccc1C(=O)N1CCCC1)c1ccc([C@@H]2SCC(=O)N2Cc2ccco2)cc1. The van der Waals surface area contributed by atoms with Gasteiger partial charge in [-0.2, -0.15) is 0 Å². The zero-order valence-electron chi connectivity index (χ0n) is 18.6. The number of para-hydroxylation sites is 1. The van der Waals surface area contributed by atoms with Gasteiger partial charge in [-0.15, -0.1) is 11.8 Å². The van der Waals surface area contributed by atoms with Crippen molar-refractivity contribution in [2.45, 2.75) is 24.8 Å². The zero-order valence-corrected chi connectivity index (χ0v) is 19.4. The topological polar surface area (TPSA) is 82.9 Å². The minimum atomic E-state index is -0.282. The molecule has 0 spiro atoms. The summed E-state index contributed by atoms with van der Waals surface area (Å²) in [6, 6.07) is 18.0. The van der Waals surface area contributed by atoms with Crippen molar-refractivity contribution in [2.24, 2.45) is 0 Å². The van der Waals surface area contributed by atoms with Gasteiger partial charge in [-0.25, -0.2) is 0 Å². The maximum Gasteiger partial charge on any atom is 0.255 e. The molecule has 0 radical (unpaired) electrons. The molecule has 1 aromatic heterocycles. The van der Waals surface area contributed by atoms with Crippen molar-refractivity contribution >= 4 is 35.2 Å². The number of hydrogen-bond donors (Lipinski definition) is 1. The van der Waals surface area contributed by atoms with Crippen molar-refractivity contribution < 1.29 is 18.8 Å². The molecule has 2 aliphatic rings. The Balaban J connectivity index is 1.29. The van der Waals surface area contributed by atoms with Crippen LogP contribution in [0.25, 0.3) is 0 Å². The van der Waals surface area contributed by atoms with Gasteiger partial charge < -0.3 is 19.5 Å². The number of anilines is 1. The molecular weight excluding hydrogens is 450 g/mol. The summed E-state index contributed by atoms with van der Waals surface area (Å²) < 4.78 is 5.41. The number of nitrogens with one attached hydrogen (secondary N) is 1. The van der Waals surface area contributed by atoms with Crippen LogP contribution in [0.5, 0.6) is 0 Å². The molecule has 2 aliphatic heterocycles. The molecule has 2 fully saturated rings. The molecule has 0 saturated carbocycles. The predicted molar refractivity (Wildman–Crippen MR) is 130 cm³/mol. The van der Waals surface area contributed by atoms with Crippen molar-refractivity contribution in [1.29, 1.82) is 0 Å². The highest BCUT2D eigenvalue weighted by molar-refractivity contribution is 8.00. The first-order chi connectivity index (χ1) is 16.6. The van der Waals surface area contributed by atoms with E-state index in [0.29, 0.717) is 29.1 Å². The first-order valence-electron chi connectivity index (χ1n) is 11.3. The molecule has 174 valence electrons. The quantitative estimate of drug-likeness (QED) is 0.566. The highest BCUT2D eigenvalue weighted by Crippen LogP contribution is 2.39. The van der Waals surface area contributed by atoms with E-state index in [2.05, 4.69) is 5.32 Å². The molecule has 8 heteroatoms. The minimum Gasteiger partial charge on any atom is -0.467 e. The lowest BCUT2D eigenvalue weighted by atomic mass is 10.1. The Morgan fingerprint density at radius 1 is 1.00 bits per heavy atom. The highest BCUT2D eigenvalue weighted by atomic mass is 32.2. The molecule has 3 heterocycles. The summed E-state index contributed by atoms with van der Waals surface area (Å²) in [7, 11) is 0. The normalized spacial score (nSPS) is 17.9. The number of furan rings is 1. The average molecular weight is 476 g/mol. The van der Waals surface area contributed by atoms with Gasteiger partial charge in [0.15, 0.2) is 0 Å². The number of thioether (sulfide) groups is 1. The van der Waals surface area contributed by atoms with E-state index in [4.69, 9.17) is 4.42 Å². The van der Waals surface area contributed by atoms with Gasteiger partial charge in [-0.05, 0) is 54.8 Å². The van der Waals surface area contributed by atoms with E-state index in [1.165, 1.54) is 0 Å². The van der Waals surface area contributed by atoms with E-state index in [1.807, 2.05) is 35.2 Å². The predicted octanol–water partition coefficient (Wildman–Crippen LogP) is 4.54. The van der Waals surface area contributed by atoms with Gasteiger partial charge in [-0.3, -0.25) is 14.4 Å². The summed E-state index contributed by atoms with van der Waals surface area (Å²) >= 11 is 1.56. The average Bonchev–Trinajstić information content (AvgIpc) is 3.63. The lowest BCUT2D eigenvalue weighted by molar-refractivity contribution is -0.128. The number of carbonyl (C=O) groups excluding carboxylic acids is 3. The van der Waals surface area contributed by atoms with Crippen LogP contribution in [-0.2, 0) is 11.3 Å². The zero-order chi connectivity index (χ0) is 23.5. The van der Waals surface area contributed by atoms with Crippen molar-refractivity contribution in [1.82, 2.24) is 9.80 Å². The molecule has 3 amide bonds. The van der Waals surface area contributed by atoms with Crippen molar-refractivity contribution in [3.05, 3.63) is 89.4 Å². The number of nitrogens with zero attached hydrogens (tertiary/aromatic N) is 2. The molecule has 0 unspecified atom stereocenters. The van der Waals surface area contributed by atoms with Crippen LogP contribution < -0.4 is 5.32 Å². The summed E-state index contributed by atoms with van der Waals surface area (Å²) in [6.07, 6.45) is 3.62. The molecule has 7 nitrogen and oxygen atoms in total. The van der Waals surface area contributed by atoms with E-state index in [-0.39, 0.29) is 23.1 Å². The van der Waals surface area contributed by atoms with Crippen LogP contribution in [0.15, 0.2) is 71.3 Å². The van der Waals surface area contributed by atoms with Gasteiger partial charge in [0.05, 0.1) is 29.8 Å². The standard InChI is InChI=1S/C26H25N3O4S/c30-23-17-34-26(29(23)16-20-6-5-15-33-20)19-11-9-18(10-12-19)24(31)27-22-8-2-1-7-21(22)25(32)28-13-3-4-14-28/h1-2,5-12,15,26H,3-4,13-14,16-17H2,(H,27,31)/t26-/m0/s1. The molecule has 1 atom stereocenters. The molecule has 1 N–H and O–H groups in total. The van der Waals surface area contributed by atoms with E-state index >= 15 is 0 Å². The molecule has 5 rings (SSSR count). The van der Waals surface area contributed by atoms with Crippen molar-refractivity contribution in [3.8, 4) is 0 Å². The highest BCUT2D eigenvalue weighted by Gasteiger charge is 2.33. The second-order valence-corrected chi connectivity index (χ2v) is 9.45. The monoisotopic (exact) mass is 475 g/mol. The largest absolute Gasteiger partial charge is 0.467 e. The van der Waals surface area contributed by atoms with Gasteiger partial charge >= 0.3 is 0 Å². The lowest BCUT2D eigenvalue weighted by Gasteiger charge is -2.23. The van der Waals surface area contributed by atoms with Gasteiger partial charge in [-0.1, -0.05) is 24.3 Å². The van der Waals surface area contributed by atoms with E-state index < -0.39 is 0 Å². The molecular formula is C26H25N3O4S. The van der Waals surface area contributed by atoms with Gasteiger partial charge in [0.1, 0.15) is 11.1 Å². The first-order valence-corrected chi connectivity index (χ1v) is 12.4. The Labute approximate surface area is 202 Å². The Bertz CT molecular complexity index is 1190. The fraction of sp³-hybridized carbons (Fsp3) is 0.269. The Morgan fingerprint density at radius 2 is 1.76 bits per heavy atom. The smallest absolute Gasteiger partial charge is 0.255 e. The molecule has 0 aliphatic carbocycles. The third-order valence-corrected chi connectivity index (χ3v) is 7.39. The third-order valence-electron chi connectivity index (χ3n) is 6.13. The summed E-state index contributed by atoms with van der Waals surface area (Å²) in [5.41, 5.74) is 2.45. The number of carbonyl (C=O) groups is 3. The third kappa shape index (κ3) is 4.59. The Hall–Kier alpha value is -3.52. The molecule has 2 aromatic carbocycles. The number of benzene rings is 2. The maximum absolute atomic E-state index is 13.0. The van der Waals surface area contributed by atoms with Gasteiger partial charge in [0, 0.05) is 18.7 Å². The van der Waals surface area contributed by atoms with Crippen LogP contribution in [0.3, 0.4) is 0 Å². The lowest BCUT2D eigenvalue weighted by Crippen LogP contribution is -2.28. The number of amides is 3. The van der Waals surface area contributed by atoms with Crippen LogP contribution >= 0.6 is 11.8 Å². The first kappa shape index (κ1) is 22.3. The second-order valence-electron chi connectivity index (χ2n) is 8.39.